The highest BCUT2D eigenvalue weighted by atomic mass is 79.9. The van der Waals surface area contributed by atoms with Crippen molar-refractivity contribution < 1.29 is 4.79 Å². The number of allylic oxidation sites excluding steroid dienone is 1. The second-order valence-electron chi connectivity index (χ2n) is 2.60. The summed E-state index contributed by atoms with van der Waals surface area (Å²) in [6.45, 7) is 1.51. The molecular weight excluding hydrogens is 230 g/mol. The summed E-state index contributed by atoms with van der Waals surface area (Å²) in [5.41, 5.74) is 0.959. The summed E-state index contributed by atoms with van der Waals surface area (Å²) in [4.78, 5) is 10.6. The molecule has 0 bridgehead atoms. The summed E-state index contributed by atoms with van der Waals surface area (Å²) < 4.78 is 1.04. The van der Waals surface area contributed by atoms with Crippen molar-refractivity contribution in [2.75, 3.05) is 5.32 Å². The van der Waals surface area contributed by atoms with E-state index in [0.717, 1.165) is 10.2 Å². The second kappa shape index (κ2) is 4.82. The Labute approximate surface area is 85.8 Å². The van der Waals surface area contributed by atoms with Crippen LogP contribution in [0, 0.1) is 0 Å². The lowest BCUT2D eigenvalue weighted by atomic mass is 10.3. The van der Waals surface area contributed by atoms with Crippen LogP contribution in [0.4, 0.5) is 5.69 Å². The average molecular weight is 240 g/mol. The van der Waals surface area contributed by atoms with Gasteiger partial charge >= 0.3 is 0 Å². The molecule has 0 spiro atoms. The van der Waals surface area contributed by atoms with Crippen LogP contribution < -0.4 is 5.32 Å². The highest BCUT2D eigenvalue weighted by Crippen LogP contribution is 2.13. The Morgan fingerprint density at radius 3 is 2.54 bits per heavy atom. The molecule has 0 aliphatic rings. The normalized spacial score (nSPS) is 10.3. The molecule has 0 unspecified atom stereocenters. The maximum Gasteiger partial charge on any atom is 0.154 e. The third-order valence-electron chi connectivity index (χ3n) is 1.41. The van der Waals surface area contributed by atoms with Crippen LogP contribution in [-0.4, -0.2) is 5.78 Å². The monoisotopic (exact) mass is 239 g/mol. The molecular formula is C10H10BrNO. The van der Waals surface area contributed by atoms with Crippen molar-refractivity contribution in [3.05, 3.63) is 41.0 Å². The molecule has 0 radical (unpaired) electrons. The minimum atomic E-state index is 0.0320. The quantitative estimate of drug-likeness (QED) is 0.823. The summed E-state index contributed by atoms with van der Waals surface area (Å²) in [6.07, 6.45) is 3.12. The van der Waals surface area contributed by atoms with Gasteiger partial charge in [-0.3, -0.25) is 4.79 Å². The molecule has 0 fully saturated rings. The molecule has 68 valence electrons. The molecule has 0 saturated carbocycles. The molecule has 0 aliphatic heterocycles. The molecule has 0 heterocycles. The van der Waals surface area contributed by atoms with Crippen molar-refractivity contribution in [2.45, 2.75) is 6.92 Å². The smallest absolute Gasteiger partial charge is 0.154 e. The van der Waals surface area contributed by atoms with Crippen LogP contribution in [0.3, 0.4) is 0 Å². The van der Waals surface area contributed by atoms with Crippen LogP contribution in [0.25, 0.3) is 0 Å². The first-order valence-corrected chi connectivity index (χ1v) is 4.67. The predicted molar refractivity (Wildman–Crippen MR) is 57.6 cm³/mol. The SMILES string of the molecule is CC(=O)/C=C/Nc1ccc(Br)cc1. The van der Waals surface area contributed by atoms with Gasteiger partial charge in [-0.25, -0.2) is 0 Å². The first kappa shape index (κ1) is 9.99. The number of benzene rings is 1. The van der Waals surface area contributed by atoms with Gasteiger partial charge in [0.15, 0.2) is 5.78 Å². The van der Waals surface area contributed by atoms with Crippen molar-refractivity contribution >= 4 is 27.4 Å². The van der Waals surface area contributed by atoms with Gasteiger partial charge in [0.2, 0.25) is 0 Å². The molecule has 1 aromatic rings. The Kier molecular flexibility index (Phi) is 3.71. The van der Waals surface area contributed by atoms with Crippen molar-refractivity contribution in [3.8, 4) is 0 Å². The second-order valence-corrected chi connectivity index (χ2v) is 3.51. The van der Waals surface area contributed by atoms with Gasteiger partial charge < -0.3 is 5.32 Å². The zero-order valence-electron chi connectivity index (χ0n) is 7.25. The van der Waals surface area contributed by atoms with Gasteiger partial charge in [-0.2, -0.15) is 0 Å². The number of hydrogen-bond donors (Lipinski definition) is 1. The molecule has 0 aliphatic carbocycles. The molecule has 2 nitrogen and oxygen atoms in total. The maximum absolute atomic E-state index is 10.6. The van der Waals surface area contributed by atoms with E-state index in [9.17, 15) is 4.79 Å². The van der Waals surface area contributed by atoms with E-state index in [4.69, 9.17) is 0 Å². The van der Waals surface area contributed by atoms with Gasteiger partial charge in [0.25, 0.3) is 0 Å². The first-order valence-electron chi connectivity index (χ1n) is 3.88. The zero-order valence-corrected chi connectivity index (χ0v) is 8.84. The van der Waals surface area contributed by atoms with Crippen LogP contribution in [0.5, 0.6) is 0 Å². The molecule has 13 heavy (non-hydrogen) atoms. The Bertz CT molecular complexity index is 316. The highest BCUT2D eigenvalue weighted by molar-refractivity contribution is 9.10. The fourth-order valence-corrected chi connectivity index (χ4v) is 1.07. The standard InChI is InChI=1S/C10H10BrNO/c1-8(13)6-7-12-10-4-2-9(11)3-5-10/h2-7,12H,1H3/b7-6+. The van der Waals surface area contributed by atoms with Crippen LogP contribution in [0.15, 0.2) is 41.0 Å². The summed E-state index contributed by atoms with van der Waals surface area (Å²) in [5.74, 6) is 0.0320. The molecule has 1 aromatic carbocycles. The zero-order chi connectivity index (χ0) is 9.68. The summed E-state index contributed by atoms with van der Waals surface area (Å²) in [6, 6.07) is 7.72. The van der Waals surface area contributed by atoms with Gasteiger partial charge in [0.05, 0.1) is 0 Å². The van der Waals surface area contributed by atoms with E-state index in [-0.39, 0.29) is 5.78 Å². The topological polar surface area (TPSA) is 29.1 Å². The van der Waals surface area contributed by atoms with Gasteiger partial charge in [-0.05, 0) is 37.3 Å². The van der Waals surface area contributed by atoms with Gasteiger partial charge in [0, 0.05) is 16.4 Å². The maximum atomic E-state index is 10.6. The molecule has 1 N–H and O–H groups in total. The summed E-state index contributed by atoms with van der Waals surface area (Å²) in [7, 11) is 0. The molecule has 1 rings (SSSR count). The lowest BCUT2D eigenvalue weighted by Gasteiger charge is -1.98. The molecule has 0 saturated heterocycles. The van der Waals surface area contributed by atoms with Crippen molar-refractivity contribution in [1.29, 1.82) is 0 Å². The van der Waals surface area contributed by atoms with Crippen LogP contribution in [-0.2, 0) is 4.79 Å². The van der Waals surface area contributed by atoms with Gasteiger partial charge in [0.1, 0.15) is 0 Å². The number of nitrogens with one attached hydrogen (secondary N) is 1. The average Bonchev–Trinajstić information content (AvgIpc) is 2.08. The Morgan fingerprint density at radius 1 is 1.38 bits per heavy atom. The Balaban J connectivity index is 2.55. The Hall–Kier alpha value is -1.09. The number of anilines is 1. The van der Waals surface area contributed by atoms with Crippen molar-refractivity contribution in [1.82, 2.24) is 0 Å². The van der Waals surface area contributed by atoms with Crippen molar-refractivity contribution in [2.24, 2.45) is 0 Å². The van der Waals surface area contributed by atoms with E-state index in [2.05, 4.69) is 21.2 Å². The minimum Gasteiger partial charge on any atom is -0.362 e. The first-order chi connectivity index (χ1) is 6.18. The van der Waals surface area contributed by atoms with E-state index in [1.54, 1.807) is 6.20 Å². The fraction of sp³-hybridized carbons (Fsp3) is 0.100. The molecule has 0 amide bonds. The lowest BCUT2D eigenvalue weighted by molar-refractivity contribution is -0.112. The fourth-order valence-electron chi connectivity index (χ4n) is 0.801. The van der Waals surface area contributed by atoms with Crippen LogP contribution in [0.2, 0.25) is 0 Å². The van der Waals surface area contributed by atoms with E-state index >= 15 is 0 Å². The van der Waals surface area contributed by atoms with E-state index in [1.807, 2.05) is 24.3 Å². The Morgan fingerprint density at radius 2 is 2.00 bits per heavy atom. The number of rotatable bonds is 3. The van der Waals surface area contributed by atoms with E-state index < -0.39 is 0 Å². The van der Waals surface area contributed by atoms with Gasteiger partial charge in [-0.1, -0.05) is 15.9 Å². The van der Waals surface area contributed by atoms with Gasteiger partial charge in [-0.15, -0.1) is 0 Å². The van der Waals surface area contributed by atoms with Crippen molar-refractivity contribution in [3.63, 3.8) is 0 Å². The van der Waals surface area contributed by atoms with E-state index in [1.165, 1.54) is 13.0 Å². The highest BCUT2D eigenvalue weighted by Gasteiger charge is 1.88. The third kappa shape index (κ3) is 3.90. The van der Waals surface area contributed by atoms with Crippen LogP contribution >= 0.6 is 15.9 Å². The van der Waals surface area contributed by atoms with Crippen LogP contribution in [0.1, 0.15) is 6.92 Å². The third-order valence-corrected chi connectivity index (χ3v) is 1.94. The lowest BCUT2D eigenvalue weighted by Crippen LogP contribution is -1.89. The molecule has 3 heteroatoms. The summed E-state index contributed by atoms with van der Waals surface area (Å²) >= 11 is 3.34. The largest absolute Gasteiger partial charge is 0.362 e. The summed E-state index contributed by atoms with van der Waals surface area (Å²) in [5, 5.41) is 2.98. The molecule has 0 atom stereocenters. The number of carbonyl (C=O) groups is 1. The number of ketones is 1. The number of hydrogen-bond acceptors (Lipinski definition) is 2. The predicted octanol–water partition coefficient (Wildman–Crippen LogP) is 2.96. The molecule has 0 aromatic heterocycles. The minimum absolute atomic E-state index is 0.0320. The number of halogens is 1. The number of carbonyl (C=O) groups excluding carboxylic acids is 1. The van der Waals surface area contributed by atoms with E-state index in [0.29, 0.717) is 0 Å².